The SMILES string of the molecule is CCC(C(CO)CCCO)C(CC)(CC)C(=O)OCO. The van der Waals surface area contributed by atoms with E-state index in [0.717, 1.165) is 6.42 Å². The molecule has 0 heterocycles. The highest BCUT2D eigenvalue weighted by molar-refractivity contribution is 5.77. The quantitative estimate of drug-likeness (QED) is 0.398. The first kappa shape index (κ1) is 19.4. The maximum Gasteiger partial charge on any atom is 0.314 e. The molecule has 0 saturated carbocycles. The lowest BCUT2D eigenvalue weighted by Gasteiger charge is -2.40. The van der Waals surface area contributed by atoms with Gasteiger partial charge in [-0.2, -0.15) is 0 Å². The zero-order valence-corrected chi connectivity index (χ0v) is 13.0. The molecule has 0 aromatic carbocycles. The second-order valence-corrected chi connectivity index (χ2v) is 5.25. The zero-order valence-electron chi connectivity index (χ0n) is 13.0. The first-order chi connectivity index (χ1) is 9.57. The molecule has 0 aromatic rings. The summed E-state index contributed by atoms with van der Waals surface area (Å²) in [6.07, 6.45) is 3.26. The lowest BCUT2D eigenvalue weighted by Crippen LogP contribution is -2.43. The fourth-order valence-electron chi connectivity index (χ4n) is 3.37. The number of carbonyl (C=O) groups excluding carboxylic acids is 1. The standard InChI is InChI=1S/C15H30O5/c1-4-13(12(10-17)8-7-9-16)15(5-2,6-3)14(19)20-11-18/h12-13,16-18H,4-11H2,1-3H3. The molecule has 0 aliphatic heterocycles. The van der Waals surface area contributed by atoms with Gasteiger partial charge in [0.2, 0.25) is 0 Å². The number of carbonyl (C=O) groups is 1. The summed E-state index contributed by atoms with van der Waals surface area (Å²) in [5.41, 5.74) is -0.680. The van der Waals surface area contributed by atoms with Gasteiger partial charge in [-0.1, -0.05) is 27.2 Å². The highest BCUT2D eigenvalue weighted by Gasteiger charge is 2.46. The van der Waals surface area contributed by atoms with Crippen molar-refractivity contribution in [3.8, 4) is 0 Å². The number of ether oxygens (including phenoxy) is 1. The molecule has 0 rings (SSSR count). The van der Waals surface area contributed by atoms with E-state index in [0.29, 0.717) is 25.7 Å². The van der Waals surface area contributed by atoms with Crippen LogP contribution < -0.4 is 0 Å². The molecule has 2 unspecified atom stereocenters. The van der Waals surface area contributed by atoms with E-state index in [1.807, 2.05) is 20.8 Å². The van der Waals surface area contributed by atoms with Gasteiger partial charge in [0.25, 0.3) is 0 Å². The highest BCUT2D eigenvalue weighted by Crippen LogP contribution is 2.44. The summed E-state index contributed by atoms with van der Waals surface area (Å²) in [5, 5.41) is 27.5. The molecule has 0 fully saturated rings. The van der Waals surface area contributed by atoms with Gasteiger partial charge in [0.1, 0.15) is 0 Å². The van der Waals surface area contributed by atoms with Gasteiger partial charge >= 0.3 is 5.97 Å². The predicted molar refractivity (Wildman–Crippen MR) is 76.9 cm³/mol. The Kier molecular flexibility index (Phi) is 9.80. The Labute approximate surface area is 122 Å². The Morgan fingerprint density at radius 1 is 1.15 bits per heavy atom. The van der Waals surface area contributed by atoms with E-state index >= 15 is 0 Å². The molecule has 2 atom stereocenters. The van der Waals surface area contributed by atoms with Gasteiger partial charge in [0, 0.05) is 13.2 Å². The number of rotatable bonds is 11. The first-order valence-corrected chi connectivity index (χ1v) is 7.57. The van der Waals surface area contributed by atoms with Crippen LogP contribution in [0.2, 0.25) is 0 Å². The molecule has 0 aliphatic carbocycles. The lowest BCUT2D eigenvalue weighted by molar-refractivity contribution is -0.171. The van der Waals surface area contributed by atoms with E-state index in [9.17, 15) is 9.90 Å². The topological polar surface area (TPSA) is 87.0 Å². The fourth-order valence-corrected chi connectivity index (χ4v) is 3.37. The molecule has 120 valence electrons. The van der Waals surface area contributed by atoms with Crippen LogP contribution in [0.1, 0.15) is 52.9 Å². The number of hydrogen-bond acceptors (Lipinski definition) is 5. The van der Waals surface area contributed by atoms with Crippen molar-refractivity contribution in [3.05, 3.63) is 0 Å². The van der Waals surface area contributed by atoms with Crippen molar-refractivity contribution in [1.29, 1.82) is 0 Å². The third-order valence-corrected chi connectivity index (χ3v) is 4.55. The molecule has 0 bridgehead atoms. The van der Waals surface area contributed by atoms with E-state index < -0.39 is 12.2 Å². The van der Waals surface area contributed by atoms with Crippen molar-refractivity contribution in [1.82, 2.24) is 0 Å². The van der Waals surface area contributed by atoms with Gasteiger partial charge in [0.05, 0.1) is 5.41 Å². The Morgan fingerprint density at radius 3 is 2.10 bits per heavy atom. The van der Waals surface area contributed by atoms with Gasteiger partial charge < -0.3 is 20.1 Å². The number of hydrogen-bond donors (Lipinski definition) is 3. The van der Waals surface area contributed by atoms with Gasteiger partial charge in [-0.3, -0.25) is 4.79 Å². The summed E-state index contributed by atoms with van der Waals surface area (Å²) in [6.45, 7) is 5.33. The van der Waals surface area contributed by atoms with Gasteiger partial charge in [-0.15, -0.1) is 0 Å². The maximum absolute atomic E-state index is 12.3. The highest BCUT2D eigenvalue weighted by atomic mass is 16.6. The van der Waals surface area contributed by atoms with Crippen LogP contribution in [0.15, 0.2) is 0 Å². The smallest absolute Gasteiger partial charge is 0.314 e. The van der Waals surface area contributed by atoms with Crippen molar-refractivity contribution >= 4 is 5.97 Å². The Balaban J connectivity index is 5.30. The van der Waals surface area contributed by atoms with Gasteiger partial charge in [-0.05, 0) is 37.5 Å². The summed E-state index contributed by atoms with van der Waals surface area (Å²) >= 11 is 0. The third-order valence-electron chi connectivity index (χ3n) is 4.55. The van der Waals surface area contributed by atoms with Crippen LogP contribution in [0.4, 0.5) is 0 Å². The van der Waals surface area contributed by atoms with Crippen LogP contribution in [0, 0.1) is 17.3 Å². The minimum Gasteiger partial charge on any atom is -0.438 e. The lowest BCUT2D eigenvalue weighted by atomic mass is 9.64. The average molecular weight is 290 g/mol. The maximum atomic E-state index is 12.3. The van der Waals surface area contributed by atoms with Crippen LogP contribution in [0.3, 0.4) is 0 Å². The predicted octanol–water partition coefficient (Wildman–Crippen LogP) is 1.69. The van der Waals surface area contributed by atoms with Crippen molar-refractivity contribution in [2.24, 2.45) is 17.3 Å². The minimum absolute atomic E-state index is 0.00728. The Bertz CT molecular complexity index is 263. The molecule has 0 amide bonds. The van der Waals surface area contributed by atoms with Crippen molar-refractivity contribution in [3.63, 3.8) is 0 Å². The largest absolute Gasteiger partial charge is 0.438 e. The van der Waals surface area contributed by atoms with Crippen molar-refractivity contribution in [2.75, 3.05) is 20.0 Å². The molecule has 0 aromatic heterocycles. The van der Waals surface area contributed by atoms with Gasteiger partial charge in [-0.25, -0.2) is 0 Å². The molecular formula is C15H30O5. The summed E-state index contributed by atoms with van der Waals surface area (Å²) in [5.74, 6) is -0.453. The van der Waals surface area contributed by atoms with Crippen molar-refractivity contribution in [2.45, 2.75) is 52.9 Å². The van der Waals surface area contributed by atoms with E-state index in [-0.39, 0.29) is 31.0 Å². The molecule has 0 aliphatic rings. The van der Waals surface area contributed by atoms with E-state index in [4.69, 9.17) is 14.9 Å². The summed E-state index contributed by atoms with van der Waals surface area (Å²) in [7, 11) is 0. The second-order valence-electron chi connectivity index (χ2n) is 5.25. The Hall–Kier alpha value is -0.650. The summed E-state index contributed by atoms with van der Waals surface area (Å²) in [6, 6.07) is 0. The average Bonchev–Trinajstić information content (AvgIpc) is 2.47. The fraction of sp³-hybridized carbons (Fsp3) is 0.933. The van der Waals surface area contributed by atoms with E-state index in [2.05, 4.69) is 0 Å². The molecule has 0 radical (unpaired) electrons. The second kappa shape index (κ2) is 10.1. The molecule has 5 nitrogen and oxygen atoms in total. The minimum atomic E-state index is -0.680. The Morgan fingerprint density at radius 2 is 1.75 bits per heavy atom. The van der Waals surface area contributed by atoms with Crippen LogP contribution in [0.25, 0.3) is 0 Å². The molecule has 0 spiro atoms. The van der Waals surface area contributed by atoms with E-state index in [1.165, 1.54) is 0 Å². The molecule has 3 N–H and O–H groups in total. The molecule has 0 saturated heterocycles. The van der Waals surface area contributed by atoms with Crippen LogP contribution in [0.5, 0.6) is 0 Å². The monoisotopic (exact) mass is 290 g/mol. The van der Waals surface area contributed by atoms with E-state index in [1.54, 1.807) is 0 Å². The molecular weight excluding hydrogens is 260 g/mol. The first-order valence-electron chi connectivity index (χ1n) is 7.57. The van der Waals surface area contributed by atoms with Crippen LogP contribution in [-0.4, -0.2) is 41.3 Å². The zero-order chi connectivity index (χ0) is 15.6. The van der Waals surface area contributed by atoms with Crippen LogP contribution >= 0.6 is 0 Å². The number of esters is 1. The normalized spacial score (nSPS) is 14.9. The number of aliphatic hydroxyl groups is 3. The third kappa shape index (κ3) is 4.43. The van der Waals surface area contributed by atoms with Crippen molar-refractivity contribution < 1.29 is 24.9 Å². The summed E-state index contributed by atoms with van der Waals surface area (Å²) < 4.78 is 4.86. The molecule has 20 heavy (non-hydrogen) atoms. The van der Waals surface area contributed by atoms with Gasteiger partial charge in [0.15, 0.2) is 6.79 Å². The molecule has 5 heteroatoms. The summed E-state index contributed by atoms with van der Waals surface area (Å²) in [4.78, 5) is 12.3. The number of aliphatic hydroxyl groups excluding tert-OH is 3. The van der Waals surface area contributed by atoms with Crippen LogP contribution in [-0.2, 0) is 9.53 Å².